The minimum atomic E-state index is -0.525. The molecule has 2 aliphatic rings. The molecule has 0 aliphatic carbocycles. The molecule has 0 saturated carbocycles. The molecule has 3 atom stereocenters. The number of halogens is 1. The van der Waals surface area contributed by atoms with Crippen molar-refractivity contribution in [2.75, 3.05) is 13.2 Å². The predicted octanol–water partition coefficient (Wildman–Crippen LogP) is 1.98. The van der Waals surface area contributed by atoms with Crippen molar-refractivity contribution in [1.29, 1.82) is 0 Å². The molecule has 0 amide bonds. The summed E-state index contributed by atoms with van der Waals surface area (Å²) in [6.45, 7) is 3.20. The Morgan fingerprint density at radius 3 is 3.06 bits per heavy atom. The fourth-order valence-corrected chi connectivity index (χ4v) is 2.97. The molecule has 3 nitrogen and oxygen atoms in total. The van der Waals surface area contributed by atoms with Gasteiger partial charge in [0.2, 0.25) is 0 Å². The maximum absolute atomic E-state index is 14.0. The zero-order chi connectivity index (χ0) is 11.9. The fraction of sp³-hybridized carbons (Fsp3) is 0.538. The van der Waals surface area contributed by atoms with Gasteiger partial charge < -0.3 is 4.74 Å². The number of benzene rings is 1. The van der Waals surface area contributed by atoms with Crippen LogP contribution >= 0.6 is 0 Å². The van der Waals surface area contributed by atoms with E-state index in [2.05, 4.69) is 5.48 Å². The molecule has 2 heterocycles. The lowest BCUT2D eigenvalue weighted by atomic mass is 9.74. The normalized spacial score (nSPS) is 36.8. The van der Waals surface area contributed by atoms with Crippen LogP contribution in [0, 0.1) is 11.7 Å². The Morgan fingerprint density at radius 1 is 1.41 bits per heavy atom. The van der Waals surface area contributed by atoms with Crippen molar-refractivity contribution >= 4 is 0 Å². The van der Waals surface area contributed by atoms with Crippen LogP contribution < -0.4 is 5.48 Å². The molecule has 1 aromatic rings. The Labute approximate surface area is 99.9 Å². The van der Waals surface area contributed by atoms with E-state index in [1.165, 1.54) is 6.07 Å². The van der Waals surface area contributed by atoms with Crippen LogP contribution in [-0.2, 0) is 15.1 Å². The summed E-state index contributed by atoms with van der Waals surface area (Å²) in [5.74, 6) is 0.0568. The number of nitrogens with one attached hydrogen (secondary N) is 1. The molecule has 2 saturated heterocycles. The number of fused-ring (bicyclic) bond motifs is 1. The SMILES string of the molecule is C[C@@H]1ON[C@@]2(c3ccccc3F)COCC[C@@H]12. The first-order chi connectivity index (χ1) is 8.24. The monoisotopic (exact) mass is 237 g/mol. The van der Waals surface area contributed by atoms with Crippen molar-refractivity contribution in [3.05, 3.63) is 35.6 Å². The molecule has 92 valence electrons. The Balaban J connectivity index is 2.07. The Hall–Kier alpha value is -0.970. The first-order valence-corrected chi connectivity index (χ1v) is 5.99. The average Bonchev–Trinajstić information content (AvgIpc) is 2.69. The maximum atomic E-state index is 14.0. The first kappa shape index (κ1) is 11.1. The summed E-state index contributed by atoms with van der Waals surface area (Å²) in [5.41, 5.74) is 3.14. The van der Waals surface area contributed by atoms with E-state index >= 15 is 0 Å². The molecule has 17 heavy (non-hydrogen) atoms. The molecule has 3 rings (SSSR count). The van der Waals surface area contributed by atoms with E-state index < -0.39 is 5.54 Å². The van der Waals surface area contributed by atoms with Crippen LogP contribution in [0.2, 0.25) is 0 Å². The summed E-state index contributed by atoms with van der Waals surface area (Å²) in [6, 6.07) is 6.85. The molecule has 0 bridgehead atoms. The molecule has 0 spiro atoms. The van der Waals surface area contributed by atoms with E-state index in [1.54, 1.807) is 6.07 Å². The number of hydroxylamine groups is 1. The fourth-order valence-electron chi connectivity index (χ4n) is 2.97. The van der Waals surface area contributed by atoms with Gasteiger partial charge in [0.1, 0.15) is 5.82 Å². The highest BCUT2D eigenvalue weighted by molar-refractivity contribution is 5.29. The van der Waals surface area contributed by atoms with Gasteiger partial charge in [-0.25, -0.2) is 4.39 Å². The zero-order valence-corrected chi connectivity index (χ0v) is 9.78. The van der Waals surface area contributed by atoms with Gasteiger partial charge >= 0.3 is 0 Å². The second-order valence-electron chi connectivity index (χ2n) is 4.82. The predicted molar refractivity (Wildman–Crippen MR) is 60.7 cm³/mol. The van der Waals surface area contributed by atoms with Gasteiger partial charge in [-0.05, 0) is 19.4 Å². The molecule has 0 radical (unpaired) electrons. The number of ether oxygens (including phenoxy) is 1. The van der Waals surface area contributed by atoms with Gasteiger partial charge in [0.25, 0.3) is 0 Å². The van der Waals surface area contributed by atoms with E-state index in [9.17, 15) is 4.39 Å². The lowest BCUT2D eigenvalue weighted by molar-refractivity contribution is -0.0243. The van der Waals surface area contributed by atoms with Gasteiger partial charge in [-0.2, -0.15) is 5.48 Å². The van der Waals surface area contributed by atoms with E-state index in [0.717, 1.165) is 13.0 Å². The molecule has 1 aromatic carbocycles. The summed E-state index contributed by atoms with van der Waals surface area (Å²) in [7, 11) is 0. The summed E-state index contributed by atoms with van der Waals surface area (Å²) in [6.07, 6.45) is 0.973. The van der Waals surface area contributed by atoms with Gasteiger partial charge in [-0.3, -0.25) is 4.84 Å². The molecular formula is C13H16FNO2. The number of hydrogen-bond donors (Lipinski definition) is 1. The third-order valence-corrected chi connectivity index (χ3v) is 3.88. The van der Waals surface area contributed by atoms with Gasteiger partial charge in [-0.15, -0.1) is 0 Å². The largest absolute Gasteiger partial charge is 0.379 e. The van der Waals surface area contributed by atoms with E-state index in [0.29, 0.717) is 12.2 Å². The van der Waals surface area contributed by atoms with E-state index in [1.807, 2.05) is 19.1 Å². The topological polar surface area (TPSA) is 30.5 Å². The number of hydrogen-bond acceptors (Lipinski definition) is 3. The second-order valence-corrected chi connectivity index (χ2v) is 4.82. The van der Waals surface area contributed by atoms with Crippen molar-refractivity contribution in [1.82, 2.24) is 5.48 Å². The Morgan fingerprint density at radius 2 is 2.24 bits per heavy atom. The third kappa shape index (κ3) is 1.59. The molecule has 0 unspecified atom stereocenters. The number of rotatable bonds is 1. The van der Waals surface area contributed by atoms with Crippen LogP contribution in [-0.4, -0.2) is 19.3 Å². The highest BCUT2D eigenvalue weighted by atomic mass is 19.1. The lowest BCUT2D eigenvalue weighted by Gasteiger charge is -2.38. The Bertz CT molecular complexity index is 422. The highest BCUT2D eigenvalue weighted by Gasteiger charge is 2.52. The molecule has 2 fully saturated rings. The maximum Gasteiger partial charge on any atom is 0.128 e. The van der Waals surface area contributed by atoms with Crippen molar-refractivity contribution in [3.63, 3.8) is 0 Å². The first-order valence-electron chi connectivity index (χ1n) is 5.99. The molecule has 0 aromatic heterocycles. The third-order valence-electron chi connectivity index (χ3n) is 3.88. The van der Waals surface area contributed by atoms with Gasteiger partial charge in [0, 0.05) is 18.1 Å². The standard InChI is InChI=1S/C13H16FNO2/c1-9-10-6-7-16-8-13(10,15-17-9)11-4-2-3-5-12(11)14/h2-5,9-10,15H,6-8H2,1H3/t9-,10-,13-/m0/s1. The van der Waals surface area contributed by atoms with Gasteiger partial charge in [0.15, 0.2) is 0 Å². The van der Waals surface area contributed by atoms with Gasteiger partial charge in [-0.1, -0.05) is 18.2 Å². The zero-order valence-electron chi connectivity index (χ0n) is 9.78. The summed E-state index contributed by atoms with van der Waals surface area (Å²) < 4.78 is 19.5. The molecule has 2 aliphatic heterocycles. The van der Waals surface area contributed by atoms with Crippen molar-refractivity contribution in [3.8, 4) is 0 Å². The minimum Gasteiger partial charge on any atom is -0.379 e. The summed E-state index contributed by atoms with van der Waals surface area (Å²) in [5, 5.41) is 0. The lowest BCUT2D eigenvalue weighted by Crippen LogP contribution is -2.50. The molecular weight excluding hydrogens is 221 g/mol. The van der Waals surface area contributed by atoms with Crippen LogP contribution in [0.1, 0.15) is 18.9 Å². The quantitative estimate of drug-likeness (QED) is 0.810. The summed E-state index contributed by atoms with van der Waals surface area (Å²) >= 11 is 0. The van der Waals surface area contributed by atoms with Crippen LogP contribution in [0.4, 0.5) is 4.39 Å². The van der Waals surface area contributed by atoms with E-state index in [4.69, 9.17) is 9.57 Å². The van der Waals surface area contributed by atoms with Gasteiger partial charge in [0.05, 0.1) is 18.2 Å². The second kappa shape index (κ2) is 4.05. The van der Waals surface area contributed by atoms with Crippen molar-refractivity contribution in [2.45, 2.75) is 25.0 Å². The highest BCUT2D eigenvalue weighted by Crippen LogP contribution is 2.43. The van der Waals surface area contributed by atoms with Crippen molar-refractivity contribution in [2.24, 2.45) is 5.92 Å². The smallest absolute Gasteiger partial charge is 0.128 e. The molecule has 4 heteroatoms. The van der Waals surface area contributed by atoms with E-state index in [-0.39, 0.29) is 17.8 Å². The minimum absolute atomic E-state index is 0.0820. The van der Waals surface area contributed by atoms with Crippen molar-refractivity contribution < 1.29 is 14.0 Å². The van der Waals surface area contributed by atoms with Crippen LogP contribution in [0.15, 0.2) is 24.3 Å². The average molecular weight is 237 g/mol. The van der Waals surface area contributed by atoms with Crippen LogP contribution in [0.25, 0.3) is 0 Å². The Kier molecular flexibility index (Phi) is 2.65. The van der Waals surface area contributed by atoms with Crippen LogP contribution in [0.5, 0.6) is 0 Å². The molecule has 1 N–H and O–H groups in total. The van der Waals surface area contributed by atoms with Crippen LogP contribution in [0.3, 0.4) is 0 Å². The summed E-state index contributed by atoms with van der Waals surface area (Å²) in [4.78, 5) is 5.52.